The molecule has 8 atom stereocenters. The van der Waals surface area contributed by atoms with Crippen LogP contribution in [-0.2, 0) is 30.4 Å². The van der Waals surface area contributed by atoms with Crippen LogP contribution >= 0.6 is 0 Å². The average Bonchev–Trinajstić information content (AvgIpc) is 3.96. The van der Waals surface area contributed by atoms with Gasteiger partial charge in [0.25, 0.3) is 11.8 Å². The highest BCUT2D eigenvalue weighted by molar-refractivity contribution is 6.00. The standard InChI is InChI=1S/C36H57N9O7.C10H13N.C5H12/c1-19(2)27(42-30(47)20(3)38-8)34(51)45-18-25(16-26(45)29(37)46)41-33(50)23-12-10-11-22(15-23)32(49)40-24-13-14-44(17-24)35(52)28(36(5,6)7)43-31(48)21(4)39-9;11-10-7-3-5-8-4-1-2-6-9(8)10;1-4-5(2)3/h10-12,15,19-21,24-28,38-39H,13-14,16-18H2,1-9H3,(H2,37,46)(H,40,49)(H,41,50)(H,42,47)(H,43,48);1-2,4,6,10H,3,5,7,11H2;5H,4H2,1-3H3/t20?,21-,24-,25?,26?,27-,28?;;/m0../s1. The fraction of sp³-hybridized carbons (Fsp3) is 0.627. The molecule has 10 N–H and O–H groups in total. The molecule has 17 heteroatoms. The molecule has 2 fully saturated rings. The number of nitrogens with zero attached hydrogens (tertiary/aromatic N) is 2. The highest BCUT2D eigenvalue weighted by atomic mass is 16.2. The summed E-state index contributed by atoms with van der Waals surface area (Å²) in [6.07, 6.45) is 5.52. The quantitative estimate of drug-likeness (QED) is 0.130. The van der Waals surface area contributed by atoms with Crippen molar-refractivity contribution in [1.82, 2.24) is 41.7 Å². The zero-order valence-corrected chi connectivity index (χ0v) is 42.7. The molecule has 7 amide bonds. The van der Waals surface area contributed by atoms with Crippen LogP contribution in [0.2, 0.25) is 0 Å². The monoisotopic (exact) mass is 947 g/mol. The van der Waals surface area contributed by atoms with Gasteiger partial charge in [-0.2, -0.15) is 0 Å². The van der Waals surface area contributed by atoms with Crippen molar-refractivity contribution in [2.45, 2.75) is 156 Å². The van der Waals surface area contributed by atoms with Crippen molar-refractivity contribution in [3.8, 4) is 0 Å². The zero-order chi connectivity index (χ0) is 51.0. The van der Waals surface area contributed by atoms with Gasteiger partial charge in [-0.15, -0.1) is 0 Å². The summed E-state index contributed by atoms with van der Waals surface area (Å²) in [7, 11) is 3.30. The molecule has 0 saturated carbocycles. The van der Waals surface area contributed by atoms with Crippen LogP contribution in [0.15, 0.2) is 48.5 Å². The van der Waals surface area contributed by atoms with Gasteiger partial charge in [0.15, 0.2) is 0 Å². The van der Waals surface area contributed by atoms with E-state index in [0.29, 0.717) is 19.0 Å². The molecule has 2 saturated heterocycles. The van der Waals surface area contributed by atoms with Crippen molar-refractivity contribution in [1.29, 1.82) is 0 Å². The van der Waals surface area contributed by atoms with E-state index < -0.39 is 65.3 Å². The average molecular weight is 947 g/mol. The molecule has 0 radical (unpaired) electrons. The van der Waals surface area contributed by atoms with Gasteiger partial charge in [-0.25, -0.2) is 0 Å². The number of carbonyl (C=O) groups excluding carboxylic acids is 7. The Morgan fingerprint density at radius 1 is 0.750 bits per heavy atom. The fourth-order valence-corrected chi connectivity index (χ4v) is 7.99. The van der Waals surface area contributed by atoms with Crippen molar-refractivity contribution in [2.24, 2.45) is 28.7 Å². The molecule has 5 rings (SSSR count). The first-order valence-corrected chi connectivity index (χ1v) is 24.3. The number of rotatable bonds is 15. The lowest BCUT2D eigenvalue weighted by Crippen LogP contribution is -2.57. The number of amides is 7. The number of fused-ring (bicyclic) bond motifs is 1. The number of primary amides is 1. The van der Waals surface area contributed by atoms with Gasteiger partial charge in [-0.3, -0.25) is 33.6 Å². The highest BCUT2D eigenvalue weighted by Crippen LogP contribution is 2.27. The smallest absolute Gasteiger partial charge is 0.251 e. The third-order valence-corrected chi connectivity index (χ3v) is 13.0. The predicted molar refractivity (Wildman–Crippen MR) is 266 cm³/mol. The maximum Gasteiger partial charge on any atom is 0.251 e. The molecule has 1 aliphatic carbocycles. The van der Waals surface area contributed by atoms with Crippen molar-refractivity contribution >= 4 is 41.4 Å². The summed E-state index contributed by atoms with van der Waals surface area (Å²) in [5.74, 6) is -2.40. The van der Waals surface area contributed by atoms with E-state index in [1.807, 2.05) is 20.8 Å². The molecule has 5 unspecified atom stereocenters. The van der Waals surface area contributed by atoms with Crippen molar-refractivity contribution in [2.75, 3.05) is 33.7 Å². The number of hydrogen-bond acceptors (Lipinski definition) is 10. The molecule has 0 bridgehead atoms. The second kappa shape index (κ2) is 26.4. The first kappa shape index (κ1) is 56.9. The van der Waals surface area contributed by atoms with Crippen LogP contribution in [-0.4, -0.2) is 127 Å². The molecule has 0 spiro atoms. The largest absolute Gasteiger partial charge is 0.368 e. The lowest BCUT2D eigenvalue weighted by molar-refractivity contribution is -0.141. The van der Waals surface area contributed by atoms with Crippen LogP contribution in [0.1, 0.15) is 139 Å². The van der Waals surface area contributed by atoms with Gasteiger partial charge < -0.3 is 53.2 Å². The minimum absolute atomic E-state index is 0.00417. The third-order valence-electron chi connectivity index (χ3n) is 13.0. The Kier molecular flexibility index (Phi) is 22.1. The third kappa shape index (κ3) is 16.4. The number of benzene rings is 2. The number of likely N-dealkylation sites (tertiary alicyclic amines) is 2. The van der Waals surface area contributed by atoms with Crippen molar-refractivity contribution in [3.63, 3.8) is 0 Å². The molecule has 378 valence electrons. The molecule has 2 aromatic carbocycles. The summed E-state index contributed by atoms with van der Waals surface area (Å²) in [4.78, 5) is 94.3. The highest BCUT2D eigenvalue weighted by Gasteiger charge is 2.43. The molecule has 3 aliphatic rings. The zero-order valence-electron chi connectivity index (χ0n) is 42.7. The van der Waals surface area contributed by atoms with Crippen LogP contribution in [0.3, 0.4) is 0 Å². The maximum absolute atomic E-state index is 13.6. The summed E-state index contributed by atoms with van der Waals surface area (Å²) in [6, 6.07) is 10.3. The molecule has 2 aliphatic heterocycles. The summed E-state index contributed by atoms with van der Waals surface area (Å²) >= 11 is 0. The lowest BCUT2D eigenvalue weighted by atomic mass is 9.85. The van der Waals surface area contributed by atoms with Gasteiger partial charge in [0, 0.05) is 48.9 Å². The SMILES string of the molecule is CCC(C)C.CNC(C)C(=O)N[C@H](C(=O)N1CC(NC(=O)c2cccc(C(=O)N[C@H]3CCN(C(=O)C(NC(=O)[C@H](C)NC)C(C)(C)C)C3)c2)CC1C(N)=O)C(C)C.NC1CCCc2ccccc21. The number of hydrogen-bond donors (Lipinski definition) is 8. The summed E-state index contributed by atoms with van der Waals surface area (Å²) < 4.78 is 0. The second-order valence-corrected chi connectivity index (χ2v) is 20.2. The summed E-state index contributed by atoms with van der Waals surface area (Å²) in [5, 5.41) is 17.1. The minimum atomic E-state index is -0.987. The van der Waals surface area contributed by atoms with Crippen LogP contribution in [0.5, 0.6) is 0 Å². The Hall–Kier alpha value is -5.39. The van der Waals surface area contributed by atoms with E-state index in [0.717, 1.165) is 12.3 Å². The van der Waals surface area contributed by atoms with Crippen molar-refractivity contribution < 1.29 is 33.6 Å². The van der Waals surface area contributed by atoms with E-state index >= 15 is 0 Å². The number of likely N-dealkylation sites (N-methyl/N-ethyl adjacent to an activating group) is 2. The Morgan fingerprint density at radius 3 is 1.82 bits per heavy atom. The fourth-order valence-electron chi connectivity index (χ4n) is 7.99. The van der Waals surface area contributed by atoms with E-state index in [9.17, 15) is 33.6 Å². The molecular formula is C51H82N10O7. The van der Waals surface area contributed by atoms with Crippen LogP contribution < -0.4 is 43.4 Å². The summed E-state index contributed by atoms with van der Waals surface area (Å²) in [6.45, 7) is 19.9. The maximum atomic E-state index is 13.6. The minimum Gasteiger partial charge on any atom is -0.368 e. The normalized spacial score (nSPS) is 20.6. The van der Waals surface area contributed by atoms with Gasteiger partial charge in [0.2, 0.25) is 29.5 Å². The summed E-state index contributed by atoms with van der Waals surface area (Å²) in [5.41, 5.74) is 14.3. The van der Waals surface area contributed by atoms with E-state index in [-0.39, 0.29) is 60.3 Å². The van der Waals surface area contributed by atoms with E-state index in [2.05, 4.69) is 76.9 Å². The first-order chi connectivity index (χ1) is 31.9. The number of aryl methyl sites for hydroxylation is 1. The van der Waals surface area contributed by atoms with E-state index in [4.69, 9.17) is 11.5 Å². The number of nitrogens with two attached hydrogens (primary N) is 2. The molecule has 17 nitrogen and oxygen atoms in total. The Morgan fingerprint density at radius 2 is 1.31 bits per heavy atom. The Bertz CT molecular complexity index is 2040. The Labute approximate surface area is 404 Å². The molecule has 2 heterocycles. The first-order valence-electron chi connectivity index (χ1n) is 24.3. The van der Waals surface area contributed by atoms with Crippen molar-refractivity contribution in [3.05, 3.63) is 70.8 Å². The molecule has 68 heavy (non-hydrogen) atoms. The van der Waals surface area contributed by atoms with Gasteiger partial charge in [0.1, 0.15) is 18.1 Å². The van der Waals surface area contributed by atoms with Crippen LogP contribution in [0, 0.1) is 17.3 Å². The predicted octanol–water partition coefficient (Wildman–Crippen LogP) is 3.16. The van der Waals surface area contributed by atoms with Gasteiger partial charge in [-0.05, 0) is 107 Å². The van der Waals surface area contributed by atoms with E-state index in [1.54, 1.807) is 64.9 Å². The van der Waals surface area contributed by atoms with Gasteiger partial charge in [0.05, 0.1) is 12.1 Å². The molecule has 2 aromatic rings. The van der Waals surface area contributed by atoms with Gasteiger partial charge in [-0.1, -0.05) is 92.1 Å². The Balaban J connectivity index is 0.000000639. The van der Waals surface area contributed by atoms with E-state index in [1.165, 1.54) is 41.4 Å². The topological polar surface area (TPSA) is 250 Å². The number of nitrogens with one attached hydrogen (secondary N) is 6. The van der Waals surface area contributed by atoms with Gasteiger partial charge >= 0.3 is 0 Å². The molecular weight excluding hydrogens is 865 g/mol. The van der Waals surface area contributed by atoms with Crippen LogP contribution in [0.25, 0.3) is 0 Å². The lowest BCUT2D eigenvalue weighted by Gasteiger charge is -2.34. The molecule has 0 aromatic heterocycles. The second-order valence-electron chi connectivity index (χ2n) is 20.2. The van der Waals surface area contributed by atoms with Crippen LogP contribution in [0.4, 0.5) is 0 Å². The number of carbonyl (C=O) groups is 7.